The predicted octanol–water partition coefficient (Wildman–Crippen LogP) is 1.56. The lowest BCUT2D eigenvalue weighted by atomic mass is 9.55. The number of carbonyl (C=O) groups excluding carboxylic acids is 1. The number of esters is 1. The van der Waals surface area contributed by atoms with Crippen molar-refractivity contribution in [2.45, 2.75) is 108 Å². The molecule has 1 saturated carbocycles. The lowest BCUT2D eigenvalue weighted by Gasteiger charge is -2.52. The van der Waals surface area contributed by atoms with Crippen molar-refractivity contribution in [1.82, 2.24) is 0 Å². The molecule has 13 atom stereocenters. The van der Waals surface area contributed by atoms with E-state index >= 15 is 0 Å². The first-order valence-electron chi connectivity index (χ1n) is 13.9. The molecule has 3 N–H and O–H groups in total. The van der Waals surface area contributed by atoms with Gasteiger partial charge < -0.3 is 43.7 Å². The summed E-state index contributed by atoms with van der Waals surface area (Å²) < 4.78 is 35.1. The average molecular weight is 537 g/mol. The summed E-state index contributed by atoms with van der Waals surface area (Å²) in [5.74, 6) is -2.07. The van der Waals surface area contributed by atoms with Crippen LogP contribution in [0.2, 0.25) is 0 Å². The minimum Gasteiger partial charge on any atom is -0.469 e. The lowest BCUT2D eigenvalue weighted by Crippen LogP contribution is -2.59. The number of carbonyl (C=O) groups is 1. The van der Waals surface area contributed by atoms with Gasteiger partial charge in [-0.25, -0.2) is 0 Å². The zero-order chi connectivity index (χ0) is 27.0. The normalized spacial score (nSPS) is 52.2. The van der Waals surface area contributed by atoms with E-state index in [1.54, 1.807) is 13.2 Å². The Kier molecular flexibility index (Phi) is 6.70. The molecular formula is C28H40O10. The molecule has 0 radical (unpaired) electrons. The maximum absolute atomic E-state index is 13.5. The van der Waals surface area contributed by atoms with Crippen LogP contribution >= 0.6 is 0 Å². The van der Waals surface area contributed by atoms with Gasteiger partial charge in [0.25, 0.3) is 0 Å². The summed E-state index contributed by atoms with van der Waals surface area (Å²) in [5, 5.41) is 32.2. The largest absolute Gasteiger partial charge is 0.469 e. The van der Waals surface area contributed by atoms with Crippen molar-refractivity contribution in [2.75, 3.05) is 13.7 Å². The van der Waals surface area contributed by atoms with Crippen LogP contribution in [0.3, 0.4) is 0 Å². The Labute approximate surface area is 222 Å². The Morgan fingerprint density at radius 3 is 2.68 bits per heavy atom. The van der Waals surface area contributed by atoms with E-state index in [2.05, 4.69) is 6.92 Å². The number of methoxy groups -OCH3 is 1. The molecule has 10 heteroatoms. The van der Waals surface area contributed by atoms with Gasteiger partial charge in [0.2, 0.25) is 5.79 Å². The molecule has 0 bridgehead atoms. The van der Waals surface area contributed by atoms with Crippen molar-refractivity contribution in [2.24, 2.45) is 23.2 Å². The quantitative estimate of drug-likeness (QED) is 0.360. The van der Waals surface area contributed by atoms with E-state index in [9.17, 15) is 20.1 Å². The van der Waals surface area contributed by atoms with Crippen LogP contribution in [0.1, 0.15) is 52.9 Å². The summed E-state index contributed by atoms with van der Waals surface area (Å²) in [6.07, 6.45) is 1.06. The zero-order valence-corrected chi connectivity index (χ0v) is 22.4. The van der Waals surface area contributed by atoms with E-state index in [1.165, 1.54) is 7.11 Å². The van der Waals surface area contributed by atoms with E-state index in [0.29, 0.717) is 12.8 Å². The highest BCUT2D eigenvalue weighted by molar-refractivity contribution is 5.75. The number of fused-ring (bicyclic) bond motifs is 3. The molecule has 0 aromatic rings. The van der Waals surface area contributed by atoms with Gasteiger partial charge in [0, 0.05) is 14.0 Å². The van der Waals surface area contributed by atoms with Gasteiger partial charge in [-0.15, -0.1) is 0 Å². The van der Waals surface area contributed by atoms with Crippen molar-refractivity contribution in [3.63, 3.8) is 0 Å². The molecule has 2 aliphatic carbocycles. The van der Waals surface area contributed by atoms with E-state index < -0.39 is 54.6 Å². The highest BCUT2D eigenvalue weighted by Gasteiger charge is 2.59. The molecule has 0 aromatic heterocycles. The summed E-state index contributed by atoms with van der Waals surface area (Å²) >= 11 is 0. The molecule has 38 heavy (non-hydrogen) atoms. The summed E-state index contributed by atoms with van der Waals surface area (Å²) in [6, 6.07) is 0. The van der Waals surface area contributed by atoms with Crippen LogP contribution < -0.4 is 0 Å². The van der Waals surface area contributed by atoms with Gasteiger partial charge in [-0.05, 0) is 55.9 Å². The van der Waals surface area contributed by atoms with E-state index in [1.807, 2.05) is 13.0 Å². The molecule has 0 aromatic carbocycles. The zero-order valence-electron chi connectivity index (χ0n) is 22.4. The maximum atomic E-state index is 13.5. The third kappa shape index (κ3) is 4.06. The second-order valence-electron chi connectivity index (χ2n) is 12.3. The predicted molar refractivity (Wildman–Crippen MR) is 131 cm³/mol. The molecule has 6 rings (SSSR count). The van der Waals surface area contributed by atoms with Crippen molar-refractivity contribution in [3.05, 3.63) is 23.5 Å². The smallest absolute Gasteiger partial charge is 0.312 e. The molecule has 6 aliphatic rings. The third-order valence-corrected chi connectivity index (χ3v) is 10.1. The van der Waals surface area contributed by atoms with E-state index in [-0.39, 0.29) is 35.9 Å². The molecule has 3 saturated heterocycles. The van der Waals surface area contributed by atoms with Crippen molar-refractivity contribution < 1.29 is 48.5 Å². The van der Waals surface area contributed by atoms with E-state index in [4.69, 9.17) is 28.4 Å². The number of hydrogen-bond acceptors (Lipinski definition) is 10. The molecular weight excluding hydrogens is 496 g/mol. The van der Waals surface area contributed by atoms with Crippen LogP contribution in [0.5, 0.6) is 0 Å². The third-order valence-electron chi connectivity index (χ3n) is 10.1. The fourth-order valence-corrected chi connectivity index (χ4v) is 7.91. The Morgan fingerprint density at radius 1 is 1.13 bits per heavy atom. The minimum atomic E-state index is -1.13. The summed E-state index contributed by atoms with van der Waals surface area (Å²) in [4.78, 5) is 13.5. The van der Waals surface area contributed by atoms with Crippen LogP contribution in [0.25, 0.3) is 0 Å². The monoisotopic (exact) mass is 536 g/mol. The van der Waals surface area contributed by atoms with Crippen LogP contribution in [0.4, 0.5) is 0 Å². The topological polar surface area (TPSA) is 133 Å². The molecule has 212 valence electrons. The number of aliphatic hydroxyl groups excluding tert-OH is 3. The van der Waals surface area contributed by atoms with Crippen molar-refractivity contribution >= 4 is 5.97 Å². The second-order valence-corrected chi connectivity index (χ2v) is 12.3. The fourth-order valence-electron chi connectivity index (χ4n) is 7.91. The first kappa shape index (κ1) is 26.7. The molecule has 0 unspecified atom stereocenters. The number of rotatable bonds is 3. The first-order chi connectivity index (χ1) is 18.1. The van der Waals surface area contributed by atoms with Crippen LogP contribution in [-0.2, 0) is 33.2 Å². The van der Waals surface area contributed by atoms with Crippen LogP contribution in [-0.4, -0.2) is 89.8 Å². The van der Waals surface area contributed by atoms with Gasteiger partial charge in [-0.2, -0.15) is 0 Å². The Morgan fingerprint density at radius 2 is 1.92 bits per heavy atom. The summed E-state index contributed by atoms with van der Waals surface area (Å²) in [7, 11) is 1.44. The first-order valence-corrected chi connectivity index (χ1v) is 13.9. The second kappa shape index (κ2) is 9.54. The molecule has 4 heterocycles. The SMILES string of the molecule is CO[C@@H]1[C@@H](O)[C@H](O[C@H]2CC[C@@]3(C)C(=C[C@H](O)[C@H]4C(=O)O[C@@H]5CO[C@]6(C)OC=C(CC[C@@H]43)[C@H]56)C2)O[C@H](C)[C@H]1O. The number of hydrogen-bond donors (Lipinski definition) is 3. The van der Waals surface area contributed by atoms with Crippen LogP contribution in [0, 0.1) is 23.2 Å². The van der Waals surface area contributed by atoms with Gasteiger partial charge in [-0.1, -0.05) is 18.6 Å². The Hall–Kier alpha value is -1.53. The number of aliphatic hydroxyl groups is 3. The Balaban J connectivity index is 1.22. The molecule has 0 amide bonds. The summed E-state index contributed by atoms with van der Waals surface area (Å²) in [6.45, 7) is 6.08. The molecule has 0 spiro atoms. The average Bonchev–Trinajstić information content (AvgIpc) is 3.38. The van der Waals surface area contributed by atoms with Crippen molar-refractivity contribution in [1.29, 1.82) is 0 Å². The highest BCUT2D eigenvalue weighted by Crippen LogP contribution is 2.57. The van der Waals surface area contributed by atoms with Gasteiger partial charge in [0.05, 0.1) is 43.0 Å². The number of ether oxygens (including phenoxy) is 6. The van der Waals surface area contributed by atoms with Gasteiger partial charge in [-0.3, -0.25) is 4.79 Å². The maximum Gasteiger partial charge on any atom is 0.312 e. The van der Waals surface area contributed by atoms with Gasteiger partial charge in [0.1, 0.15) is 24.4 Å². The standard InChI is InChI=1S/C28H40O10/c1-13-22(30)24(33-4)23(31)26(36-13)37-16-7-8-27(2)15(9-16)10-18(29)20-17(27)6-5-14-11-34-28(3)21(14)19(12-35-28)38-25(20)32/h10-11,13,16-24,26,29-31H,5-9,12H2,1-4H3/t13-,16+,17+,18+,19-,20+,21-,22-,23-,24+,26+,27+,28+/m1/s1. The molecule has 4 aliphatic heterocycles. The van der Waals surface area contributed by atoms with Crippen molar-refractivity contribution in [3.8, 4) is 0 Å². The van der Waals surface area contributed by atoms with Crippen LogP contribution in [0.15, 0.2) is 23.5 Å². The van der Waals surface area contributed by atoms with E-state index in [0.717, 1.165) is 30.4 Å². The van der Waals surface area contributed by atoms with Gasteiger partial charge >= 0.3 is 5.97 Å². The summed E-state index contributed by atoms with van der Waals surface area (Å²) in [5.41, 5.74) is 1.84. The minimum absolute atomic E-state index is 0.108. The molecule has 10 nitrogen and oxygen atoms in total. The van der Waals surface area contributed by atoms with Gasteiger partial charge in [0.15, 0.2) is 6.29 Å². The highest BCUT2D eigenvalue weighted by atomic mass is 16.7. The fraction of sp³-hybridized carbons (Fsp3) is 0.821. The lowest BCUT2D eigenvalue weighted by molar-refractivity contribution is -0.309. The molecule has 4 fully saturated rings. The Bertz CT molecular complexity index is 1010.